The Hall–Kier alpha value is -2.34. The molecule has 0 aliphatic rings. The average molecular weight is 232 g/mol. The van der Waals surface area contributed by atoms with Crippen LogP contribution in [0.1, 0.15) is 11.1 Å². The van der Waals surface area contributed by atoms with Gasteiger partial charge in [-0.05, 0) is 27.8 Å². The van der Waals surface area contributed by atoms with Gasteiger partial charge in [-0.3, -0.25) is 0 Å². The molecule has 0 saturated carbocycles. The molecule has 0 fully saturated rings. The Balaban J connectivity index is 2.23. The van der Waals surface area contributed by atoms with Crippen molar-refractivity contribution in [2.45, 2.75) is 0 Å². The second kappa shape index (κ2) is 5.33. The van der Waals surface area contributed by atoms with Gasteiger partial charge in [0.05, 0.1) is 0 Å². The van der Waals surface area contributed by atoms with Gasteiger partial charge in [0.2, 0.25) is 0 Å². The standard InChI is InChI=1S/C18H16/c1-14(15(2)17-10-6-4-7-11-17)16(3)18-12-8-5-9-13-18/h4-13H,1-3H2. The van der Waals surface area contributed by atoms with Crippen molar-refractivity contribution in [1.29, 1.82) is 0 Å². The van der Waals surface area contributed by atoms with Crippen molar-refractivity contribution < 1.29 is 0 Å². The van der Waals surface area contributed by atoms with Crippen LogP contribution in [0, 0.1) is 0 Å². The predicted octanol–water partition coefficient (Wildman–Crippen LogP) is 4.97. The van der Waals surface area contributed by atoms with Gasteiger partial charge in [0.25, 0.3) is 0 Å². The Morgan fingerprint density at radius 1 is 0.556 bits per heavy atom. The molecule has 0 aliphatic heterocycles. The van der Waals surface area contributed by atoms with Gasteiger partial charge in [-0.25, -0.2) is 0 Å². The maximum Gasteiger partial charge on any atom is -0.0183 e. The summed E-state index contributed by atoms with van der Waals surface area (Å²) in [6.07, 6.45) is 0. The molecular weight excluding hydrogens is 216 g/mol. The molecule has 2 rings (SSSR count). The van der Waals surface area contributed by atoms with Crippen molar-refractivity contribution in [3.63, 3.8) is 0 Å². The summed E-state index contributed by atoms with van der Waals surface area (Å²) >= 11 is 0. The average Bonchev–Trinajstić information content (AvgIpc) is 2.47. The van der Waals surface area contributed by atoms with E-state index in [0.29, 0.717) is 0 Å². The highest BCUT2D eigenvalue weighted by atomic mass is 14.1. The first-order chi connectivity index (χ1) is 8.70. The molecule has 18 heavy (non-hydrogen) atoms. The molecule has 0 aliphatic carbocycles. The third kappa shape index (κ3) is 2.49. The molecule has 0 nitrogen and oxygen atoms in total. The van der Waals surface area contributed by atoms with E-state index in [1.165, 1.54) is 0 Å². The number of rotatable bonds is 4. The SMILES string of the molecule is C=C(C(=C)c1ccccc1)C(=C)c1ccccc1. The maximum atomic E-state index is 4.11. The Kier molecular flexibility index (Phi) is 3.59. The molecule has 0 N–H and O–H groups in total. The zero-order valence-corrected chi connectivity index (χ0v) is 10.4. The quantitative estimate of drug-likeness (QED) is 0.653. The molecule has 2 aromatic carbocycles. The number of benzene rings is 2. The molecule has 0 heteroatoms. The lowest BCUT2D eigenvalue weighted by Gasteiger charge is -2.12. The summed E-state index contributed by atoms with van der Waals surface area (Å²) in [5, 5.41) is 0. The van der Waals surface area contributed by atoms with E-state index >= 15 is 0 Å². The van der Waals surface area contributed by atoms with Crippen LogP contribution in [-0.2, 0) is 0 Å². The van der Waals surface area contributed by atoms with E-state index in [0.717, 1.165) is 27.8 Å². The molecule has 88 valence electrons. The van der Waals surface area contributed by atoms with Crippen molar-refractivity contribution >= 4 is 11.1 Å². The van der Waals surface area contributed by atoms with E-state index in [1.54, 1.807) is 0 Å². The molecule has 0 atom stereocenters. The second-order valence-electron chi connectivity index (χ2n) is 4.17. The minimum absolute atomic E-state index is 0.882. The lowest BCUT2D eigenvalue weighted by atomic mass is 9.92. The lowest BCUT2D eigenvalue weighted by molar-refractivity contribution is 1.57. The van der Waals surface area contributed by atoms with Crippen molar-refractivity contribution in [3.05, 3.63) is 97.1 Å². The number of hydrogen-bond acceptors (Lipinski definition) is 0. The largest absolute Gasteiger partial charge is 0.0906 e. The van der Waals surface area contributed by atoms with Crippen LogP contribution in [0.15, 0.2) is 86.0 Å². The molecule has 2 aromatic rings. The molecular formula is C18H16. The smallest absolute Gasteiger partial charge is 0.0183 e. The highest BCUT2D eigenvalue weighted by molar-refractivity contribution is 5.95. The van der Waals surface area contributed by atoms with E-state index in [2.05, 4.69) is 19.7 Å². The van der Waals surface area contributed by atoms with Gasteiger partial charge >= 0.3 is 0 Å². The van der Waals surface area contributed by atoms with Crippen LogP contribution in [0.3, 0.4) is 0 Å². The lowest BCUT2D eigenvalue weighted by Crippen LogP contribution is -1.91. The van der Waals surface area contributed by atoms with Gasteiger partial charge in [-0.1, -0.05) is 80.4 Å². The van der Waals surface area contributed by atoms with E-state index < -0.39 is 0 Å². The first-order valence-electron chi connectivity index (χ1n) is 5.88. The van der Waals surface area contributed by atoms with Crippen LogP contribution in [0.5, 0.6) is 0 Å². The van der Waals surface area contributed by atoms with Gasteiger partial charge < -0.3 is 0 Å². The molecule has 0 saturated heterocycles. The van der Waals surface area contributed by atoms with Crippen LogP contribution >= 0.6 is 0 Å². The molecule has 0 amide bonds. The first kappa shape index (κ1) is 12.1. The monoisotopic (exact) mass is 232 g/mol. The molecule has 0 heterocycles. The van der Waals surface area contributed by atoms with E-state index in [4.69, 9.17) is 0 Å². The maximum absolute atomic E-state index is 4.11. The van der Waals surface area contributed by atoms with Gasteiger partial charge in [0.1, 0.15) is 0 Å². The normalized spacial score (nSPS) is 9.78. The molecule has 0 aromatic heterocycles. The fraction of sp³-hybridized carbons (Fsp3) is 0. The van der Waals surface area contributed by atoms with Crippen molar-refractivity contribution in [1.82, 2.24) is 0 Å². The Labute approximate surface area is 109 Å². The third-order valence-corrected chi connectivity index (χ3v) is 2.97. The van der Waals surface area contributed by atoms with E-state index in [1.807, 2.05) is 60.7 Å². The summed E-state index contributed by atoms with van der Waals surface area (Å²) in [6, 6.07) is 20.1. The Morgan fingerprint density at radius 3 is 1.22 bits per heavy atom. The van der Waals surface area contributed by atoms with E-state index in [9.17, 15) is 0 Å². The molecule has 0 unspecified atom stereocenters. The van der Waals surface area contributed by atoms with Crippen LogP contribution in [0.4, 0.5) is 0 Å². The Bertz CT molecular complexity index is 520. The third-order valence-electron chi connectivity index (χ3n) is 2.97. The molecule has 0 bridgehead atoms. The van der Waals surface area contributed by atoms with Crippen LogP contribution in [-0.4, -0.2) is 0 Å². The van der Waals surface area contributed by atoms with Gasteiger partial charge in [0, 0.05) is 0 Å². The fourth-order valence-electron chi connectivity index (χ4n) is 1.81. The summed E-state index contributed by atoms with van der Waals surface area (Å²) in [7, 11) is 0. The zero-order valence-electron chi connectivity index (χ0n) is 10.4. The number of allylic oxidation sites excluding steroid dienone is 3. The highest BCUT2D eigenvalue weighted by Crippen LogP contribution is 2.30. The second-order valence-corrected chi connectivity index (χ2v) is 4.17. The summed E-state index contributed by atoms with van der Waals surface area (Å²) in [4.78, 5) is 0. The molecule has 0 radical (unpaired) electrons. The van der Waals surface area contributed by atoms with Crippen molar-refractivity contribution in [2.75, 3.05) is 0 Å². The minimum atomic E-state index is 0.882. The van der Waals surface area contributed by atoms with Gasteiger partial charge in [-0.2, -0.15) is 0 Å². The van der Waals surface area contributed by atoms with Gasteiger partial charge in [0.15, 0.2) is 0 Å². The minimum Gasteiger partial charge on any atom is -0.0906 e. The highest BCUT2D eigenvalue weighted by Gasteiger charge is 2.08. The molecule has 0 spiro atoms. The zero-order chi connectivity index (χ0) is 13.0. The van der Waals surface area contributed by atoms with Crippen LogP contribution in [0.25, 0.3) is 11.1 Å². The van der Waals surface area contributed by atoms with Crippen molar-refractivity contribution in [2.24, 2.45) is 0 Å². The summed E-state index contributed by atoms with van der Waals surface area (Å²) in [5.74, 6) is 0. The van der Waals surface area contributed by atoms with Crippen LogP contribution < -0.4 is 0 Å². The topological polar surface area (TPSA) is 0 Å². The first-order valence-corrected chi connectivity index (χ1v) is 5.88. The van der Waals surface area contributed by atoms with Gasteiger partial charge in [-0.15, -0.1) is 0 Å². The number of hydrogen-bond donors (Lipinski definition) is 0. The summed E-state index contributed by atoms with van der Waals surface area (Å²) < 4.78 is 0. The Morgan fingerprint density at radius 2 is 0.889 bits per heavy atom. The van der Waals surface area contributed by atoms with Crippen molar-refractivity contribution in [3.8, 4) is 0 Å². The summed E-state index contributed by atoms with van der Waals surface area (Å²) in [6.45, 7) is 12.3. The van der Waals surface area contributed by atoms with E-state index in [-0.39, 0.29) is 0 Å². The van der Waals surface area contributed by atoms with Crippen LogP contribution in [0.2, 0.25) is 0 Å². The fourth-order valence-corrected chi connectivity index (χ4v) is 1.81. The predicted molar refractivity (Wildman–Crippen MR) is 80.1 cm³/mol. The summed E-state index contributed by atoms with van der Waals surface area (Å²) in [5.41, 5.74) is 4.89.